The van der Waals surface area contributed by atoms with E-state index < -0.39 is 10.8 Å². The number of aromatic nitrogens is 2. The lowest BCUT2D eigenvalue weighted by Crippen LogP contribution is -2.22. The molecule has 0 radical (unpaired) electrons. The maximum atomic E-state index is 11.2. The van der Waals surface area contributed by atoms with Crippen molar-refractivity contribution >= 4 is 10.8 Å². The molecule has 98 valence electrons. The summed E-state index contributed by atoms with van der Waals surface area (Å²) < 4.78 is 13.3. The number of hydrogen-bond acceptors (Lipinski definition) is 3. The highest BCUT2D eigenvalue weighted by atomic mass is 32.2. The predicted molar refractivity (Wildman–Crippen MR) is 72.5 cm³/mol. The van der Waals surface area contributed by atoms with Crippen LogP contribution in [0.2, 0.25) is 0 Å². The number of imidazole rings is 1. The van der Waals surface area contributed by atoms with Crippen molar-refractivity contribution in [3.63, 3.8) is 0 Å². The summed E-state index contributed by atoms with van der Waals surface area (Å²) in [5.74, 6) is 0. The summed E-state index contributed by atoms with van der Waals surface area (Å²) in [6, 6.07) is 0.441. The van der Waals surface area contributed by atoms with Crippen LogP contribution in [-0.4, -0.2) is 31.8 Å². The van der Waals surface area contributed by atoms with Crippen molar-refractivity contribution in [3.05, 3.63) is 18.2 Å². The van der Waals surface area contributed by atoms with Crippen LogP contribution in [0.15, 0.2) is 12.5 Å². The number of rotatable bonds is 7. The summed E-state index contributed by atoms with van der Waals surface area (Å²) in [7, 11) is -0.720. The van der Waals surface area contributed by atoms with Crippen LogP contribution in [0.4, 0.5) is 0 Å². The fourth-order valence-electron chi connectivity index (χ4n) is 1.62. The van der Waals surface area contributed by atoms with Gasteiger partial charge in [0.1, 0.15) is 0 Å². The average molecular weight is 257 g/mol. The lowest BCUT2D eigenvalue weighted by molar-refractivity contribution is 0.545. The standard InChI is InChI=1S/C12H23N3OS/c1-10(2)15-9-14-8-12(15)7-13-6-5-11(3)17(4)16/h8-11,13H,5-7H2,1-4H3. The van der Waals surface area contributed by atoms with E-state index >= 15 is 0 Å². The first-order chi connectivity index (χ1) is 8.02. The first-order valence-corrected chi connectivity index (χ1v) is 7.68. The Morgan fingerprint density at radius 2 is 2.18 bits per heavy atom. The molecule has 0 amide bonds. The van der Waals surface area contributed by atoms with Gasteiger partial charge in [-0.05, 0) is 26.8 Å². The van der Waals surface area contributed by atoms with Crippen molar-refractivity contribution in [2.45, 2.75) is 45.0 Å². The quantitative estimate of drug-likeness (QED) is 0.756. The van der Waals surface area contributed by atoms with Gasteiger partial charge in [-0.1, -0.05) is 6.92 Å². The average Bonchev–Trinajstić information content (AvgIpc) is 2.72. The number of nitrogens with zero attached hydrogens (tertiary/aromatic N) is 2. The minimum absolute atomic E-state index is 0.262. The van der Waals surface area contributed by atoms with Crippen LogP contribution in [-0.2, 0) is 17.3 Å². The minimum Gasteiger partial charge on any atom is -0.331 e. The maximum absolute atomic E-state index is 11.2. The SMILES string of the molecule is CC(C)n1cncc1CNCCC(C)S(C)=O. The number of nitrogens with one attached hydrogen (secondary N) is 1. The van der Waals surface area contributed by atoms with E-state index in [4.69, 9.17) is 0 Å². The topological polar surface area (TPSA) is 46.9 Å². The second-order valence-corrected chi connectivity index (χ2v) is 6.46. The second-order valence-electron chi connectivity index (χ2n) is 4.66. The Bertz CT molecular complexity index is 362. The van der Waals surface area contributed by atoms with Gasteiger partial charge in [0.15, 0.2) is 0 Å². The highest BCUT2D eigenvalue weighted by Gasteiger charge is 2.07. The molecule has 0 aromatic carbocycles. The predicted octanol–water partition coefficient (Wildman–Crippen LogP) is 1.71. The van der Waals surface area contributed by atoms with Gasteiger partial charge in [0, 0.05) is 41.1 Å². The molecule has 0 saturated carbocycles. The molecule has 1 aromatic heterocycles. The molecule has 2 unspecified atom stereocenters. The molecule has 17 heavy (non-hydrogen) atoms. The van der Waals surface area contributed by atoms with Crippen molar-refractivity contribution in [1.29, 1.82) is 0 Å². The van der Waals surface area contributed by atoms with Gasteiger partial charge in [0.25, 0.3) is 0 Å². The third-order valence-electron chi connectivity index (χ3n) is 2.90. The molecule has 1 rings (SSSR count). The van der Waals surface area contributed by atoms with Crippen molar-refractivity contribution in [3.8, 4) is 0 Å². The van der Waals surface area contributed by atoms with Crippen molar-refractivity contribution in [1.82, 2.24) is 14.9 Å². The summed E-state index contributed by atoms with van der Waals surface area (Å²) >= 11 is 0. The normalized spacial score (nSPS) is 15.1. The summed E-state index contributed by atoms with van der Waals surface area (Å²) in [6.07, 6.45) is 6.47. The van der Waals surface area contributed by atoms with E-state index in [2.05, 4.69) is 28.7 Å². The lowest BCUT2D eigenvalue weighted by atomic mass is 10.3. The third-order valence-corrected chi connectivity index (χ3v) is 4.27. The molecule has 1 aromatic rings. The molecule has 1 N–H and O–H groups in total. The summed E-state index contributed by atoms with van der Waals surface area (Å²) in [6.45, 7) is 8.03. The van der Waals surface area contributed by atoms with Gasteiger partial charge >= 0.3 is 0 Å². The summed E-state index contributed by atoms with van der Waals surface area (Å²) in [5, 5.41) is 3.64. The van der Waals surface area contributed by atoms with Gasteiger partial charge in [0.05, 0.1) is 12.0 Å². The van der Waals surface area contributed by atoms with Gasteiger partial charge in [-0.2, -0.15) is 0 Å². The molecule has 0 fully saturated rings. The Labute approximate surface area is 106 Å². The second kappa shape index (κ2) is 6.91. The van der Waals surface area contributed by atoms with E-state index in [1.54, 1.807) is 6.26 Å². The maximum Gasteiger partial charge on any atom is 0.0951 e. The Hall–Kier alpha value is -0.680. The fraction of sp³-hybridized carbons (Fsp3) is 0.750. The molecule has 0 aliphatic heterocycles. The van der Waals surface area contributed by atoms with Crippen LogP contribution < -0.4 is 5.32 Å². The van der Waals surface area contributed by atoms with Gasteiger partial charge in [0.2, 0.25) is 0 Å². The summed E-state index contributed by atoms with van der Waals surface area (Å²) in [5.41, 5.74) is 1.20. The Morgan fingerprint density at radius 1 is 1.47 bits per heavy atom. The van der Waals surface area contributed by atoms with Crippen molar-refractivity contribution in [2.75, 3.05) is 12.8 Å². The molecular weight excluding hydrogens is 234 g/mol. The Kier molecular flexibility index (Phi) is 5.85. The molecule has 1 heterocycles. The van der Waals surface area contributed by atoms with Crippen molar-refractivity contribution in [2.24, 2.45) is 0 Å². The van der Waals surface area contributed by atoms with E-state index in [-0.39, 0.29) is 5.25 Å². The van der Waals surface area contributed by atoms with Gasteiger partial charge in [-0.25, -0.2) is 4.98 Å². The zero-order valence-corrected chi connectivity index (χ0v) is 12.0. The Morgan fingerprint density at radius 3 is 2.76 bits per heavy atom. The fourth-order valence-corrected chi connectivity index (χ4v) is 2.07. The highest BCUT2D eigenvalue weighted by Crippen LogP contribution is 2.08. The van der Waals surface area contributed by atoms with E-state index in [1.165, 1.54) is 5.69 Å². The monoisotopic (exact) mass is 257 g/mol. The molecule has 5 heteroatoms. The highest BCUT2D eigenvalue weighted by molar-refractivity contribution is 7.84. The Balaban J connectivity index is 2.31. The van der Waals surface area contributed by atoms with Crippen LogP contribution in [0.3, 0.4) is 0 Å². The molecular formula is C12H23N3OS. The minimum atomic E-state index is -0.720. The molecule has 0 aliphatic carbocycles. The van der Waals surface area contributed by atoms with E-state index in [9.17, 15) is 4.21 Å². The molecule has 0 spiro atoms. The van der Waals surface area contributed by atoms with Gasteiger partial charge < -0.3 is 9.88 Å². The van der Waals surface area contributed by atoms with E-state index in [1.807, 2.05) is 19.4 Å². The molecule has 2 atom stereocenters. The largest absolute Gasteiger partial charge is 0.331 e. The van der Waals surface area contributed by atoms with Gasteiger partial charge in [-0.15, -0.1) is 0 Å². The molecule has 0 aliphatic rings. The molecule has 0 bridgehead atoms. The summed E-state index contributed by atoms with van der Waals surface area (Å²) in [4.78, 5) is 4.16. The van der Waals surface area contributed by atoms with Crippen molar-refractivity contribution < 1.29 is 4.21 Å². The third kappa shape index (κ3) is 4.60. The molecule has 0 saturated heterocycles. The molecule has 4 nitrogen and oxygen atoms in total. The lowest BCUT2D eigenvalue weighted by Gasteiger charge is -2.13. The van der Waals surface area contributed by atoms with Crippen LogP contribution in [0.5, 0.6) is 0 Å². The number of hydrogen-bond donors (Lipinski definition) is 1. The zero-order chi connectivity index (χ0) is 12.8. The zero-order valence-electron chi connectivity index (χ0n) is 11.1. The van der Waals surface area contributed by atoms with E-state index in [0.29, 0.717) is 6.04 Å². The first-order valence-electron chi connectivity index (χ1n) is 6.06. The van der Waals surface area contributed by atoms with E-state index in [0.717, 1.165) is 19.5 Å². The van der Waals surface area contributed by atoms with Crippen LogP contribution >= 0.6 is 0 Å². The van der Waals surface area contributed by atoms with Crippen LogP contribution in [0.1, 0.15) is 38.9 Å². The van der Waals surface area contributed by atoms with Crippen LogP contribution in [0.25, 0.3) is 0 Å². The van der Waals surface area contributed by atoms with Crippen LogP contribution in [0, 0.1) is 0 Å². The first kappa shape index (κ1) is 14.4. The van der Waals surface area contributed by atoms with Gasteiger partial charge in [-0.3, -0.25) is 4.21 Å². The smallest absolute Gasteiger partial charge is 0.0951 e.